The second-order valence-corrected chi connectivity index (χ2v) is 5.68. The van der Waals surface area contributed by atoms with Crippen LogP contribution in [0.25, 0.3) is 0 Å². The number of amides is 1. The largest absolute Gasteiger partial charge is 0.443 e. The van der Waals surface area contributed by atoms with Gasteiger partial charge in [0.25, 0.3) is 0 Å². The van der Waals surface area contributed by atoms with Gasteiger partial charge in [-0.2, -0.15) is 0 Å². The van der Waals surface area contributed by atoms with Crippen LogP contribution in [0.2, 0.25) is 0 Å². The molecule has 0 radical (unpaired) electrons. The van der Waals surface area contributed by atoms with E-state index in [1.54, 1.807) is 0 Å². The highest BCUT2D eigenvalue weighted by Gasteiger charge is 2.32. The van der Waals surface area contributed by atoms with Crippen LogP contribution >= 0.6 is 0 Å². The molecule has 0 aliphatic rings. The number of nitrogens with two attached hydrogens (primary N) is 1. The molecule has 3 nitrogen and oxygen atoms in total. The molecule has 1 rings (SSSR count). The second kappa shape index (κ2) is 6.60. The Morgan fingerprint density at radius 3 is 2.37 bits per heavy atom. The van der Waals surface area contributed by atoms with Crippen LogP contribution in [0.15, 0.2) is 30.3 Å². The molecule has 2 unspecified atom stereocenters. The van der Waals surface area contributed by atoms with Gasteiger partial charge in [-0.25, -0.2) is 4.79 Å². The van der Waals surface area contributed by atoms with E-state index in [1.165, 1.54) is 5.56 Å². The number of carbonyl (C=O) groups is 1. The lowest BCUT2D eigenvalue weighted by Gasteiger charge is -2.34. The summed E-state index contributed by atoms with van der Waals surface area (Å²) in [6.07, 6.45) is 1.23. The molecule has 3 heteroatoms. The van der Waals surface area contributed by atoms with E-state index in [1.807, 2.05) is 19.9 Å². The highest BCUT2D eigenvalue weighted by molar-refractivity contribution is 5.65. The van der Waals surface area contributed by atoms with Crippen molar-refractivity contribution < 1.29 is 9.53 Å². The van der Waals surface area contributed by atoms with Crippen LogP contribution in [0.5, 0.6) is 0 Å². The van der Waals surface area contributed by atoms with Gasteiger partial charge in [0.1, 0.15) is 5.60 Å². The first-order valence-electron chi connectivity index (χ1n) is 6.90. The minimum atomic E-state index is -0.698. The van der Waals surface area contributed by atoms with Crippen molar-refractivity contribution in [1.82, 2.24) is 0 Å². The summed E-state index contributed by atoms with van der Waals surface area (Å²) < 4.78 is 5.27. The molecule has 19 heavy (non-hydrogen) atoms. The van der Waals surface area contributed by atoms with E-state index in [0.29, 0.717) is 5.92 Å². The fourth-order valence-electron chi connectivity index (χ4n) is 2.63. The molecule has 2 N–H and O–H groups in total. The maximum absolute atomic E-state index is 11.0. The van der Waals surface area contributed by atoms with E-state index in [9.17, 15) is 4.79 Å². The number of carbonyl (C=O) groups excluding carboxylic acids is 1. The lowest BCUT2D eigenvalue weighted by atomic mass is 9.80. The van der Waals surface area contributed by atoms with Gasteiger partial charge in [0, 0.05) is 0 Å². The molecule has 0 aromatic heterocycles. The monoisotopic (exact) mass is 263 g/mol. The Labute approximate surface area is 116 Å². The Morgan fingerprint density at radius 2 is 1.89 bits per heavy atom. The van der Waals surface area contributed by atoms with E-state index < -0.39 is 11.7 Å². The molecule has 2 atom stereocenters. The van der Waals surface area contributed by atoms with Gasteiger partial charge < -0.3 is 10.5 Å². The summed E-state index contributed by atoms with van der Waals surface area (Å²) in [6, 6.07) is 10.4. The molecule has 0 aliphatic carbocycles. The van der Waals surface area contributed by atoms with Crippen molar-refractivity contribution in [3.63, 3.8) is 0 Å². The Kier molecular flexibility index (Phi) is 5.40. The third kappa shape index (κ3) is 4.58. The summed E-state index contributed by atoms with van der Waals surface area (Å²) in [6.45, 7) is 8.19. The van der Waals surface area contributed by atoms with Gasteiger partial charge in [-0.05, 0) is 44.1 Å². The van der Waals surface area contributed by atoms with Crippen LogP contribution in [-0.4, -0.2) is 11.7 Å². The Balaban J connectivity index is 2.74. The van der Waals surface area contributed by atoms with Crippen LogP contribution in [0.4, 0.5) is 4.79 Å². The summed E-state index contributed by atoms with van der Waals surface area (Å²) >= 11 is 0. The molecule has 0 aliphatic heterocycles. The molecule has 0 spiro atoms. The first-order valence-corrected chi connectivity index (χ1v) is 6.90. The van der Waals surface area contributed by atoms with Crippen molar-refractivity contribution in [1.29, 1.82) is 0 Å². The predicted molar refractivity (Wildman–Crippen MR) is 78.0 cm³/mol. The molecule has 0 bridgehead atoms. The fraction of sp³-hybridized carbons (Fsp3) is 0.562. The van der Waals surface area contributed by atoms with Gasteiger partial charge in [-0.1, -0.05) is 44.2 Å². The number of hydrogen-bond donors (Lipinski definition) is 1. The predicted octanol–water partition coefficient (Wildman–Crippen LogP) is 4.08. The van der Waals surface area contributed by atoms with Gasteiger partial charge >= 0.3 is 6.09 Å². The third-order valence-electron chi connectivity index (χ3n) is 3.85. The average molecular weight is 263 g/mol. The number of primary amides is 1. The average Bonchev–Trinajstić information content (AvgIpc) is 2.34. The SMILES string of the molecule is CCC(CC(C)c1ccccc1)C(C)(C)OC(N)=O. The minimum Gasteiger partial charge on any atom is -0.443 e. The van der Waals surface area contributed by atoms with Gasteiger partial charge in [0.2, 0.25) is 0 Å². The quantitative estimate of drug-likeness (QED) is 0.840. The molecule has 0 saturated heterocycles. The van der Waals surface area contributed by atoms with Crippen molar-refractivity contribution in [2.75, 3.05) is 0 Å². The molecule has 0 heterocycles. The van der Waals surface area contributed by atoms with E-state index in [4.69, 9.17) is 10.5 Å². The van der Waals surface area contributed by atoms with Crippen molar-refractivity contribution in [2.24, 2.45) is 11.7 Å². The summed E-state index contributed by atoms with van der Waals surface area (Å²) in [5.41, 5.74) is 5.94. The number of hydrogen-bond acceptors (Lipinski definition) is 2. The fourth-order valence-corrected chi connectivity index (χ4v) is 2.63. The Bertz CT molecular complexity index is 400. The maximum Gasteiger partial charge on any atom is 0.405 e. The Hall–Kier alpha value is -1.51. The molecule has 0 fully saturated rings. The van der Waals surface area contributed by atoms with E-state index in [0.717, 1.165) is 12.8 Å². The van der Waals surface area contributed by atoms with Crippen molar-refractivity contribution >= 4 is 6.09 Å². The van der Waals surface area contributed by atoms with Crippen LogP contribution in [-0.2, 0) is 4.74 Å². The summed E-state index contributed by atoms with van der Waals surface area (Å²) in [5, 5.41) is 0. The molecule has 1 amide bonds. The van der Waals surface area contributed by atoms with E-state index in [-0.39, 0.29) is 5.92 Å². The van der Waals surface area contributed by atoms with Crippen LogP contribution in [0.1, 0.15) is 52.0 Å². The van der Waals surface area contributed by atoms with Gasteiger partial charge in [0.05, 0.1) is 0 Å². The van der Waals surface area contributed by atoms with Gasteiger partial charge in [0.15, 0.2) is 0 Å². The van der Waals surface area contributed by atoms with Crippen molar-refractivity contribution in [3.8, 4) is 0 Å². The van der Waals surface area contributed by atoms with Gasteiger partial charge in [-0.15, -0.1) is 0 Å². The Morgan fingerprint density at radius 1 is 1.32 bits per heavy atom. The molecule has 1 aromatic carbocycles. The zero-order valence-electron chi connectivity index (χ0n) is 12.3. The highest BCUT2D eigenvalue weighted by atomic mass is 16.6. The standard InChI is InChI=1S/C16H25NO2/c1-5-14(16(3,4)19-15(17)18)11-12(2)13-9-7-6-8-10-13/h6-10,12,14H,5,11H2,1-4H3,(H2,17,18). The lowest BCUT2D eigenvalue weighted by molar-refractivity contribution is -0.00762. The third-order valence-corrected chi connectivity index (χ3v) is 3.85. The minimum absolute atomic E-state index is 0.287. The van der Waals surface area contributed by atoms with Crippen LogP contribution in [0, 0.1) is 5.92 Å². The number of benzene rings is 1. The van der Waals surface area contributed by atoms with Crippen molar-refractivity contribution in [2.45, 2.75) is 52.1 Å². The van der Waals surface area contributed by atoms with Crippen molar-refractivity contribution in [3.05, 3.63) is 35.9 Å². The number of ether oxygens (including phenoxy) is 1. The summed E-state index contributed by atoms with van der Waals surface area (Å²) in [7, 11) is 0. The summed E-state index contributed by atoms with van der Waals surface area (Å²) in [5.74, 6) is 0.720. The molecule has 0 saturated carbocycles. The van der Waals surface area contributed by atoms with Gasteiger partial charge in [-0.3, -0.25) is 0 Å². The maximum atomic E-state index is 11.0. The molecular weight excluding hydrogens is 238 g/mol. The topological polar surface area (TPSA) is 52.3 Å². The normalized spacial score (nSPS) is 14.7. The van der Waals surface area contributed by atoms with Crippen LogP contribution in [0.3, 0.4) is 0 Å². The van der Waals surface area contributed by atoms with E-state index >= 15 is 0 Å². The molecular formula is C16H25NO2. The van der Waals surface area contributed by atoms with Crippen LogP contribution < -0.4 is 5.73 Å². The van der Waals surface area contributed by atoms with E-state index in [2.05, 4.69) is 38.1 Å². The zero-order chi connectivity index (χ0) is 14.5. The first kappa shape index (κ1) is 15.5. The first-order chi connectivity index (χ1) is 8.86. The zero-order valence-corrected chi connectivity index (χ0v) is 12.3. The second-order valence-electron chi connectivity index (χ2n) is 5.68. The summed E-state index contributed by atoms with van der Waals surface area (Å²) in [4.78, 5) is 11.0. The highest BCUT2D eigenvalue weighted by Crippen LogP contribution is 2.33. The lowest BCUT2D eigenvalue weighted by Crippen LogP contribution is -2.39. The smallest absolute Gasteiger partial charge is 0.405 e. The molecule has 1 aromatic rings. The number of rotatable bonds is 6. The molecule has 106 valence electrons.